The average Bonchev–Trinajstić information content (AvgIpc) is 2.25. The minimum Gasteiger partial charge on any atom is -0.313 e. The molecular formula is C16H28N2. The maximum atomic E-state index is 3.41. The SMILES string of the molecule is CCNCc1ccccc1CN(C)CC(C)(C)C. The van der Waals surface area contributed by atoms with Crippen LogP contribution in [0.3, 0.4) is 0 Å². The molecule has 0 spiro atoms. The van der Waals surface area contributed by atoms with Gasteiger partial charge in [-0.05, 0) is 30.1 Å². The number of nitrogens with one attached hydrogen (secondary N) is 1. The summed E-state index contributed by atoms with van der Waals surface area (Å²) in [5.41, 5.74) is 3.20. The third-order valence-electron chi connectivity index (χ3n) is 2.87. The zero-order chi connectivity index (χ0) is 13.6. The van der Waals surface area contributed by atoms with E-state index in [1.807, 2.05) is 0 Å². The second kappa shape index (κ2) is 6.91. The number of rotatable bonds is 6. The summed E-state index contributed by atoms with van der Waals surface area (Å²) in [6.45, 7) is 13.1. The second-order valence-electron chi connectivity index (χ2n) is 6.28. The normalized spacial score (nSPS) is 12.1. The van der Waals surface area contributed by atoms with Crippen molar-refractivity contribution >= 4 is 0 Å². The van der Waals surface area contributed by atoms with Crippen molar-refractivity contribution in [3.8, 4) is 0 Å². The Morgan fingerprint density at radius 1 is 1.11 bits per heavy atom. The predicted molar refractivity (Wildman–Crippen MR) is 79.6 cm³/mol. The van der Waals surface area contributed by atoms with Crippen LogP contribution in [0.2, 0.25) is 0 Å². The Labute approximate surface area is 112 Å². The van der Waals surface area contributed by atoms with E-state index in [-0.39, 0.29) is 0 Å². The Balaban J connectivity index is 2.65. The van der Waals surface area contributed by atoms with Crippen LogP contribution >= 0.6 is 0 Å². The highest BCUT2D eigenvalue weighted by atomic mass is 15.1. The van der Waals surface area contributed by atoms with Crippen molar-refractivity contribution in [2.75, 3.05) is 20.1 Å². The number of hydrogen-bond donors (Lipinski definition) is 1. The van der Waals surface area contributed by atoms with E-state index in [1.165, 1.54) is 11.1 Å². The average molecular weight is 248 g/mol. The lowest BCUT2D eigenvalue weighted by molar-refractivity contribution is 0.220. The number of nitrogens with zero attached hydrogens (tertiary/aromatic N) is 1. The first-order valence-electron chi connectivity index (χ1n) is 6.88. The molecule has 2 heteroatoms. The Hall–Kier alpha value is -0.860. The molecule has 0 fully saturated rings. The molecule has 0 saturated heterocycles. The maximum Gasteiger partial charge on any atom is 0.0234 e. The Bertz CT molecular complexity index is 352. The fourth-order valence-electron chi connectivity index (χ4n) is 2.30. The van der Waals surface area contributed by atoms with E-state index in [1.54, 1.807) is 0 Å². The summed E-state index contributed by atoms with van der Waals surface area (Å²) in [5, 5.41) is 3.41. The molecule has 0 aromatic heterocycles. The summed E-state index contributed by atoms with van der Waals surface area (Å²) < 4.78 is 0. The van der Waals surface area contributed by atoms with Crippen molar-refractivity contribution < 1.29 is 0 Å². The molecule has 0 aliphatic rings. The van der Waals surface area contributed by atoms with Gasteiger partial charge in [-0.3, -0.25) is 0 Å². The van der Waals surface area contributed by atoms with E-state index in [0.29, 0.717) is 5.41 Å². The van der Waals surface area contributed by atoms with Gasteiger partial charge in [0.2, 0.25) is 0 Å². The minimum atomic E-state index is 0.353. The minimum absolute atomic E-state index is 0.353. The summed E-state index contributed by atoms with van der Waals surface area (Å²) >= 11 is 0. The zero-order valence-electron chi connectivity index (χ0n) is 12.6. The molecule has 0 aliphatic heterocycles. The molecule has 0 aliphatic carbocycles. The molecule has 102 valence electrons. The van der Waals surface area contributed by atoms with Crippen LogP contribution in [-0.2, 0) is 13.1 Å². The molecule has 0 heterocycles. The first-order chi connectivity index (χ1) is 8.42. The van der Waals surface area contributed by atoms with E-state index >= 15 is 0 Å². The van der Waals surface area contributed by atoms with Crippen molar-refractivity contribution in [1.82, 2.24) is 10.2 Å². The molecule has 0 amide bonds. The zero-order valence-corrected chi connectivity index (χ0v) is 12.6. The van der Waals surface area contributed by atoms with Gasteiger partial charge in [-0.2, -0.15) is 0 Å². The fourth-order valence-corrected chi connectivity index (χ4v) is 2.30. The highest BCUT2D eigenvalue weighted by molar-refractivity contribution is 5.26. The first kappa shape index (κ1) is 15.2. The maximum absolute atomic E-state index is 3.41. The van der Waals surface area contributed by atoms with Crippen LogP contribution in [0.5, 0.6) is 0 Å². The summed E-state index contributed by atoms with van der Waals surface area (Å²) in [6.07, 6.45) is 0. The molecule has 1 N–H and O–H groups in total. The lowest BCUT2D eigenvalue weighted by Crippen LogP contribution is -2.29. The summed E-state index contributed by atoms with van der Waals surface area (Å²) in [5.74, 6) is 0. The molecular weight excluding hydrogens is 220 g/mol. The van der Waals surface area contributed by atoms with Crippen molar-refractivity contribution in [3.63, 3.8) is 0 Å². The van der Waals surface area contributed by atoms with Gasteiger partial charge >= 0.3 is 0 Å². The van der Waals surface area contributed by atoms with Gasteiger partial charge in [0, 0.05) is 19.6 Å². The van der Waals surface area contributed by atoms with E-state index < -0.39 is 0 Å². The van der Waals surface area contributed by atoms with Crippen LogP contribution < -0.4 is 5.32 Å². The molecule has 0 bridgehead atoms. The third-order valence-corrected chi connectivity index (χ3v) is 2.87. The van der Waals surface area contributed by atoms with Crippen LogP contribution in [0, 0.1) is 5.41 Å². The van der Waals surface area contributed by atoms with Crippen LogP contribution in [0.1, 0.15) is 38.8 Å². The number of benzene rings is 1. The van der Waals surface area contributed by atoms with Gasteiger partial charge in [-0.25, -0.2) is 0 Å². The quantitative estimate of drug-likeness (QED) is 0.831. The van der Waals surface area contributed by atoms with Gasteiger partial charge in [0.25, 0.3) is 0 Å². The van der Waals surface area contributed by atoms with E-state index in [2.05, 4.69) is 69.2 Å². The molecule has 1 aromatic carbocycles. The van der Waals surface area contributed by atoms with Crippen LogP contribution in [0.25, 0.3) is 0 Å². The number of hydrogen-bond acceptors (Lipinski definition) is 2. The largest absolute Gasteiger partial charge is 0.313 e. The van der Waals surface area contributed by atoms with Crippen LogP contribution in [0.15, 0.2) is 24.3 Å². The third kappa shape index (κ3) is 5.65. The van der Waals surface area contributed by atoms with Crippen molar-refractivity contribution in [3.05, 3.63) is 35.4 Å². The van der Waals surface area contributed by atoms with Crippen molar-refractivity contribution in [2.45, 2.75) is 40.8 Å². The first-order valence-corrected chi connectivity index (χ1v) is 6.88. The monoisotopic (exact) mass is 248 g/mol. The van der Waals surface area contributed by atoms with E-state index in [0.717, 1.165) is 26.2 Å². The molecule has 0 saturated carbocycles. The highest BCUT2D eigenvalue weighted by Crippen LogP contribution is 2.17. The topological polar surface area (TPSA) is 15.3 Å². The lowest BCUT2D eigenvalue weighted by Gasteiger charge is -2.27. The van der Waals surface area contributed by atoms with Gasteiger partial charge in [0.05, 0.1) is 0 Å². The smallest absolute Gasteiger partial charge is 0.0234 e. The molecule has 1 aromatic rings. The summed E-state index contributed by atoms with van der Waals surface area (Å²) in [7, 11) is 2.20. The van der Waals surface area contributed by atoms with Gasteiger partial charge < -0.3 is 10.2 Å². The van der Waals surface area contributed by atoms with Crippen LogP contribution in [-0.4, -0.2) is 25.0 Å². The van der Waals surface area contributed by atoms with Gasteiger partial charge in [-0.15, -0.1) is 0 Å². The lowest BCUT2D eigenvalue weighted by atomic mass is 9.96. The van der Waals surface area contributed by atoms with E-state index in [4.69, 9.17) is 0 Å². The van der Waals surface area contributed by atoms with Crippen molar-refractivity contribution in [1.29, 1.82) is 0 Å². The second-order valence-corrected chi connectivity index (χ2v) is 6.28. The fraction of sp³-hybridized carbons (Fsp3) is 0.625. The molecule has 0 radical (unpaired) electrons. The Morgan fingerprint density at radius 2 is 1.72 bits per heavy atom. The van der Waals surface area contributed by atoms with Gasteiger partial charge in [-0.1, -0.05) is 52.0 Å². The van der Waals surface area contributed by atoms with Gasteiger partial charge in [0.1, 0.15) is 0 Å². The standard InChI is InChI=1S/C16H28N2/c1-6-17-11-14-9-7-8-10-15(14)12-18(5)13-16(2,3)4/h7-10,17H,6,11-13H2,1-5H3. The van der Waals surface area contributed by atoms with Gasteiger partial charge in [0.15, 0.2) is 0 Å². The Morgan fingerprint density at radius 3 is 2.28 bits per heavy atom. The van der Waals surface area contributed by atoms with E-state index in [9.17, 15) is 0 Å². The molecule has 0 unspecified atom stereocenters. The summed E-state index contributed by atoms with van der Waals surface area (Å²) in [4.78, 5) is 2.41. The molecule has 2 nitrogen and oxygen atoms in total. The molecule has 0 atom stereocenters. The molecule has 18 heavy (non-hydrogen) atoms. The Kier molecular flexibility index (Phi) is 5.83. The van der Waals surface area contributed by atoms with Crippen molar-refractivity contribution in [2.24, 2.45) is 5.41 Å². The van der Waals surface area contributed by atoms with Crippen LogP contribution in [0.4, 0.5) is 0 Å². The summed E-state index contributed by atoms with van der Waals surface area (Å²) in [6, 6.07) is 8.73. The highest BCUT2D eigenvalue weighted by Gasteiger charge is 2.14. The molecule has 1 rings (SSSR count). The predicted octanol–water partition coefficient (Wildman–Crippen LogP) is 3.27.